The normalized spacial score (nSPS) is 12.7. The topological polar surface area (TPSA) is 142 Å². The Kier molecular flexibility index (Phi) is 5.94. The average Bonchev–Trinajstić information content (AvgIpc) is 3.12. The molecule has 0 spiro atoms. The molecule has 4 rings (SSSR count). The van der Waals surface area contributed by atoms with E-state index < -0.39 is 0 Å². The molecule has 154 valence electrons. The summed E-state index contributed by atoms with van der Waals surface area (Å²) in [6.45, 7) is 0.996. The van der Waals surface area contributed by atoms with Crippen molar-refractivity contribution in [3.63, 3.8) is 0 Å². The molecule has 0 atom stereocenters. The van der Waals surface area contributed by atoms with Gasteiger partial charge in [-0.3, -0.25) is 9.78 Å². The molecule has 1 amide bonds. The molecule has 0 fully saturated rings. The van der Waals surface area contributed by atoms with Gasteiger partial charge in [-0.25, -0.2) is 10.1 Å². The van der Waals surface area contributed by atoms with Gasteiger partial charge in [-0.05, 0) is 18.2 Å². The summed E-state index contributed by atoms with van der Waals surface area (Å²) in [6, 6.07) is 8.90. The number of hydrazone groups is 1. The van der Waals surface area contributed by atoms with Gasteiger partial charge in [0.25, 0.3) is 5.95 Å². The molecule has 3 aromatic rings. The van der Waals surface area contributed by atoms with Crippen molar-refractivity contribution in [2.75, 3.05) is 35.6 Å². The van der Waals surface area contributed by atoms with Crippen molar-refractivity contribution < 1.29 is 14.3 Å². The number of anilines is 2. The quantitative estimate of drug-likeness (QED) is 0.221. The highest BCUT2D eigenvalue weighted by atomic mass is 32.2. The zero-order valence-electron chi connectivity index (χ0n) is 15.7. The number of nitrogens with two attached hydrogens (primary N) is 1. The molecule has 12 heteroatoms. The van der Waals surface area contributed by atoms with E-state index in [-0.39, 0.29) is 17.6 Å². The minimum Gasteiger partial charge on any atom is -0.486 e. The van der Waals surface area contributed by atoms with Crippen LogP contribution in [0.5, 0.6) is 11.5 Å². The molecule has 0 saturated heterocycles. The maximum atomic E-state index is 12.3. The fourth-order valence-electron chi connectivity index (χ4n) is 2.52. The summed E-state index contributed by atoms with van der Waals surface area (Å²) in [5.74, 6) is 7.35. The molecule has 30 heavy (non-hydrogen) atoms. The number of benzene rings is 1. The number of carbonyl (C=O) groups is 1. The van der Waals surface area contributed by atoms with E-state index in [1.807, 2.05) is 6.07 Å². The van der Waals surface area contributed by atoms with Crippen molar-refractivity contribution >= 4 is 35.5 Å². The van der Waals surface area contributed by atoms with Crippen LogP contribution in [0.1, 0.15) is 5.56 Å². The molecule has 0 radical (unpaired) electrons. The molecule has 3 heterocycles. The Labute approximate surface area is 175 Å². The van der Waals surface area contributed by atoms with Crippen LogP contribution in [0.3, 0.4) is 0 Å². The van der Waals surface area contributed by atoms with Crippen LogP contribution in [0.4, 0.5) is 11.6 Å². The lowest BCUT2D eigenvalue weighted by Gasteiger charge is -2.18. The molecule has 0 bridgehead atoms. The van der Waals surface area contributed by atoms with Gasteiger partial charge in [0.05, 0.1) is 12.0 Å². The molecule has 1 aliphatic heterocycles. The van der Waals surface area contributed by atoms with Crippen molar-refractivity contribution in [3.8, 4) is 11.5 Å². The number of rotatable bonds is 7. The van der Waals surface area contributed by atoms with Crippen LogP contribution < -0.4 is 26.1 Å². The largest absolute Gasteiger partial charge is 0.486 e. The fourth-order valence-corrected chi connectivity index (χ4v) is 3.17. The third-order valence-electron chi connectivity index (χ3n) is 3.89. The predicted molar refractivity (Wildman–Crippen MR) is 112 cm³/mol. The minimum atomic E-state index is -0.219. The summed E-state index contributed by atoms with van der Waals surface area (Å²) in [5, 5.41) is 15.1. The van der Waals surface area contributed by atoms with E-state index in [1.165, 1.54) is 4.68 Å². The molecule has 0 aliphatic carbocycles. The van der Waals surface area contributed by atoms with Crippen molar-refractivity contribution in [1.82, 2.24) is 19.9 Å². The Morgan fingerprint density at radius 2 is 2.13 bits per heavy atom. The average molecular weight is 426 g/mol. The van der Waals surface area contributed by atoms with E-state index in [9.17, 15) is 4.79 Å². The van der Waals surface area contributed by atoms with Gasteiger partial charge in [0, 0.05) is 29.7 Å². The van der Waals surface area contributed by atoms with E-state index >= 15 is 0 Å². The van der Waals surface area contributed by atoms with Crippen LogP contribution in [-0.4, -0.2) is 50.9 Å². The van der Waals surface area contributed by atoms with Gasteiger partial charge in [0.1, 0.15) is 13.2 Å². The van der Waals surface area contributed by atoms with Crippen LogP contribution in [0, 0.1) is 0 Å². The first-order valence-electron chi connectivity index (χ1n) is 8.91. The number of pyridine rings is 1. The summed E-state index contributed by atoms with van der Waals surface area (Å²) in [6.07, 6.45) is 4.92. The predicted octanol–water partition coefficient (Wildman–Crippen LogP) is 1.33. The number of nitrogens with one attached hydrogen (secondary N) is 2. The number of ether oxygens (including phenoxy) is 2. The molecular weight excluding hydrogens is 408 g/mol. The SMILES string of the molecule is Nn1c(N/N=C/c2cccnc2)nnc1SCC(=O)Nc1ccc2c(c1)OCCO2. The number of amides is 1. The monoisotopic (exact) mass is 426 g/mol. The van der Waals surface area contributed by atoms with Crippen LogP contribution in [0.25, 0.3) is 0 Å². The number of hydrogen-bond donors (Lipinski definition) is 3. The van der Waals surface area contributed by atoms with Crippen molar-refractivity contribution in [3.05, 3.63) is 48.3 Å². The summed E-state index contributed by atoms with van der Waals surface area (Å²) >= 11 is 1.15. The Morgan fingerprint density at radius 1 is 1.27 bits per heavy atom. The van der Waals surface area contributed by atoms with E-state index in [1.54, 1.807) is 42.9 Å². The third kappa shape index (κ3) is 4.78. The first-order valence-corrected chi connectivity index (χ1v) is 9.89. The minimum absolute atomic E-state index is 0.0999. The molecular formula is C18H18N8O3S. The van der Waals surface area contributed by atoms with Gasteiger partial charge in [-0.2, -0.15) is 5.10 Å². The molecule has 0 unspecified atom stereocenters. The number of carbonyl (C=O) groups excluding carboxylic acids is 1. The maximum Gasteiger partial charge on any atom is 0.264 e. The van der Waals surface area contributed by atoms with Crippen LogP contribution in [-0.2, 0) is 4.79 Å². The number of thioether (sulfide) groups is 1. The second-order valence-corrected chi connectivity index (χ2v) is 6.97. The van der Waals surface area contributed by atoms with Crippen LogP contribution in [0.15, 0.2) is 53.0 Å². The zero-order chi connectivity index (χ0) is 20.8. The van der Waals surface area contributed by atoms with Gasteiger partial charge in [0.15, 0.2) is 11.5 Å². The lowest BCUT2D eigenvalue weighted by Crippen LogP contribution is -2.18. The number of aromatic nitrogens is 4. The van der Waals surface area contributed by atoms with Gasteiger partial charge >= 0.3 is 0 Å². The number of hydrogen-bond acceptors (Lipinski definition) is 10. The highest BCUT2D eigenvalue weighted by molar-refractivity contribution is 7.99. The van der Waals surface area contributed by atoms with E-state index in [0.29, 0.717) is 35.6 Å². The lowest BCUT2D eigenvalue weighted by molar-refractivity contribution is -0.113. The Balaban J connectivity index is 1.29. The highest BCUT2D eigenvalue weighted by Gasteiger charge is 2.14. The third-order valence-corrected chi connectivity index (χ3v) is 4.83. The second kappa shape index (κ2) is 9.13. The molecule has 11 nitrogen and oxygen atoms in total. The van der Waals surface area contributed by atoms with Crippen LogP contribution >= 0.6 is 11.8 Å². The van der Waals surface area contributed by atoms with E-state index in [0.717, 1.165) is 17.3 Å². The smallest absolute Gasteiger partial charge is 0.264 e. The number of fused-ring (bicyclic) bond motifs is 1. The van der Waals surface area contributed by atoms with Gasteiger partial charge < -0.3 is 20.6 Å². The highest BCUT2D eigenvalue weighted by Crippen LogP contribution is 2.32. The van der Waals surface area contributed by atoms with Crippen molar-refractivity contribution in [2.24, 2.45) is 5.10 Å². The maximum absolute atomic E-state index is 12.3. The summed E-state index contributed by atoms with van der Waals surface area (Å²) in [5.41, 5.74) is 4.14. The summed E-state index contributed by atoms with van der Waals surface area (Å²) < 4.78 is 12.2. The van der Waals surface area contributed by atoms with E-state index in [4.69, 9.17) is 15.3 Å². The zero-order valence-corrected chi connectivity index (χ0v) is 16.5. The first kappa shape index (κ1) is 19.5. The lowest BCUT2D eigenvalue weighted by atomic mass is 10.2. The molecule has 2 aromatic heterocycles. The van der Waals surface area contributed by atoms with E-state index in [2.05, 4.69) is 31.0 Å². The van der Waals surface area contributed by atoms with Crippen molar-refractivity contribution in [1.29, 1.82) is 0 Å². The molecule has 4 N–H and O–H groups in total. The Bertz CT molecular complexity index is 1060. The van der Waals surface area contributed by atoms with Gasteiger partial charge in [-0.1, -0.05) is 17.8 Å². The number of nitrogens with zero attached hydrogens (tertiary/aromatic N) is 5. The van der Waals surface area contributed by atoms with Crippen molar-refractivity contribution in [2.45, 2.75) is 5.16 Å². The Morgan fingerprint density at radius 3 is 2.97 bits per heavy atom. The summed E-state index contributed by atoms with van der Waals surface area (Å²) in [4.78, 5) is 16.2. The first-order chi connectivity index (χ1) is 14.7. The molecule has 1 aliphatic rings. The standard InChI is InChI=1S/C18H18N8O3S/c19-26-17(23-21-10-12-2-1-5-20-9-12)24-25-18(26)30-11-16(27)22-13-3-4-14-15(8-13)29-7-6-28-14/h1-5,8-10H,6-7,11,19H2,(H,22,27)(H,23,24)/b21-10+. The van der Waals surface area contributed by atoms with Gasteiger partial charge in [0.2, 0.25) is 11.1 Å². The fraction of sp³-hybridized carbons (Fsp3) is 0.167. The summed E-state index contributed by atoms with van der Waals surface area (Å²) in [7, 11) is 0. The second-order valence-electron chi connectivity index (χ2n) is 6.03. The Hall–Kier alpha value is -3.80. The number of nitrogen functional groups attached to an aromatic ring is 1. The molecule has 0 saturated carbocycles. The van der Waals surface area contributed by atoms with Gasteiger partial charge in [-0.15, -0.1) is 10.2 Å². The molecule has 1 aromatic carbocycles. The van der Waals surface area contributed by atoms with Crippen LogP contribution in [0.2, 0.25) is 0 Å².